The Balaban J connectivity index is 1.01. The fourth-order valence-electron chi connectivity index (χ4n) is 7.28. The Bertz CT molecular complexity index is 2150. The van der Waals surface area contributed by atoms with Crippen LogP contribution in [0.1, 0.15) is 48.9 Å². The first-order valence-electron chi connectivity index (χ1n) is 16.3. The number of carbonyl (C=O) groups excluding carboxylic acids is 2. The highest BCUT2D eigenvalue weighted by Gasteiger charge is 2.36. The fourth-order valence-corrected chi connectivity index (χ4v) is 7.54. The van der Waals surface area contributed by atoms with Crippen LogP contribution in [0.4, 0.5) is 11.4 Å². The van der Waals surface area contributed by atoms with E-state index < -0.39 is 0 Å². The fraction of sp³-hybridized carbons (Fsp3) is 0.225. The number of methoxy groups -OCH3 is 2. The number of carbonyl (C=O) groups is 2. The van der Waals surface area contributed by atoms with Gasteiger partial charge in [-0.05, 0) is 52.3 Å². The van der Waals surface area contributed by atoms with Gasteiger partial charge in [-0.15, -0.1) is 11.6 Å². The van der Waals surface area contributed by atoms with E-state index in [2.05, 4.69) is 18.2 Å². The van der Waals surface area contributed by atoms with Gasteiger partial charge in [-0.2, -0.15) is 0 Å². The molecule has 0 radical (unpaired) electrons. The molecule has 0 aliphatic carbocycles. The molecule has 3 aliphatic heterocycles. The van der Waals surface area contributed by atoms with Crippen molar-refractivity contribution in [2.24, 2.45) is 4.99 Å². The first kappa shape index (κ1) is 31.0. The third-order valence-electron chi connectivity index (χ3n) is 9.82. The van der Waals surface area contributed by atoms with Gasteiger partial charge >= 0.3 is 0 Å². The summed E-state index contributed by atoms with van der Waals surface area (Å²) < 4.78 is 17.6. The average Bonchev–Trinajstić information content (AvgIpc) is 3.47. The number of fused-ring (bicyclic) bond motifs is 6. The highest BCUT2D eigenvalue weighted by molar-refractivity contribution is 6.19. The summed E-state index contributed by atoms with van der Waals surface area (Å²) in [6.45, 7) is 1.26. The van der Waals surface area contributed by atoms with Crippen LogP contribution in [0.25, 0.3) is 10.8 Å². The molecule has 0 N–H and O–H groups in total. The van der Waals surface area contributed by atoms with Crippen LogP contribution in [0.15, 0.2) is 96.0 Å². The lowest BCUT2D eigenvalue weighted by molar-refractivity contribution is 0.0703. The molecule has 0 aromatic heterocycles. The largest absolute Gasteiger partial charge is 0.496 e. The van der Waals surface area contributed by atoms with Gasteiger partial charge in [0.05, 0.1) is 37.2 Å². The van der Waals surface area contributed by atoms with Crippen LogP contribution in [-0.2, 0) is 19.6 Å². The van der Waals surface area contributed by atoms with Crippen molar-refractivity contribution in [1.29, 1.82) is 0 Å². The Labute approximate surface area is 289 Å². The number of hydrogen-bond acceptors (Lipinski definition) is 6. The predicted octanol–water partition coefficient (Wildman–Crippen LogP) is 7.70. The lowest BCUT2D eigenvalue weighted by Gasteiger charge is -2.34. The molecule has 8 rings (SSSR count). The van der Waals surface area contributed by atoms with E-state index in [0.717, 1.165) is 45.3 Å². The summed E-state index contributed by atoms with van der Waals surface area (Å²) in [6.07, 6.45) is 2.58. The number of hydrogen-bond donors (Lipinski definition) is 0. The monoisotopic (exact) mass is 671 g/mol. The Morgan fingerprint density at radius 3 is 2.37 bits per heavy atom. The van der Waals surface area contributed by atoms with Crippen LogP contribution in [0, 0.1) is 0 Å². The number of nitrogens with zero attached hydrogens (tertiary/aromatic N) is 3. The molecule has 9 heteroatoms. The molecule has 3 heterocycles. The molecule has 5 aromatic carbocycles. The maximum Gasteiger partial charge on any atom is 0.258 e. The standard InChI is InChI=1S/C40H34ClN3O5/c1-47-35-18-34-38(31-10-6-5-9-30(31)35)28(19-41)22-44(34)39(45)25-13-11-24(12-14-25)23-49-37-17-33-32(16-36(37)48-2)40(46)43-21-27-8-4-3-7-26(27)15-29(43)20-42-33/h3-14,16-18,20,28-29H,15,19,21-23H2,1-2H3/t28-,29+/m1/s1. The number of benzene rings is 5. The topological polar surface area (TPSA) is 80.7 Å². The van der Waals surface area contributed by atoms with Crippen LogP contribution in [-0.4, -0.2) is 55.6 Å². The van der Waals surface area contributed by atoms with Crippen molar-refractivity contribution in [3.63, 3.8) is 0 Å². The van der Waals surface area contributed by atoms with Crippen LogP contribution >= 0.6 is 11.6 Å². The van der Waals surface area contributed by atoms with Crippen molar-refractivity contribution in [3.8, 4) is 17.2 Å². The lowest BCUT2D eigenvalue weighted by Crippen LogP contribution is -2.44. The van der Waals surface area contributed by atoms with Gasteiger partial charge in [-0.3, -0.25) is 14.6 Å². The summed E-state index contributed by atoms with van der Waals surface area (Å²) >= 11 is 6.44. The summed E-state index contributed by atoms with van der Waals surface area (Å²) in [4.78, 5) is 36.0. The van der Waals surface area contributed by atoms with Crippen molar-refractivity contribution in [3.05, 3.63) is 124 Å². The molecule has 0 fully saturated rings. The molecule has 8 nitrogen and oxygen atoms in total. The Hall–Kier alpha value is -5.34. The molecule has 0 saturated carbocycles. The van der Waals surface area contributed by atoms with E-state index in [-0.39, 0.29) is 30.4 Å². The number of aliphatic imine (C=N–C) groups is 1. The minimum Gasteiger partial charge on any atom is -0.496 e. The first-order chi connectivity index (χ1) is 24.0. The Morgan fingerprint density at radius 2 is 1.61 bits per heavy atom. The van der Waals surface area contributed by atoms with Crippen molar-refractivity contribution >= 4 is 51.8 Å². The van der Waals surface area contributed by atoms with E-state index in [0.29, 0.717) is 47.3 Å². The average molecular weight is 672 g/mol. The number of ether oxygens (including phenoxy) is 3. The van der Waals surface area contributed by atoms with Crippen LogP contribution < -0.4 is 19.1 Å². The number of amides is 2. The molecule has 2 amide bonds. The van der Waals surface area contributed by atoms with Gasteiger partial charge in [0.2, 0.25) is 0 Å². The van der Waals surface area contributed by atoms with Gasteiger partial charge in [0.1, 0.15) is 12.4 Å². The van der Waals surface area contributed by atoms with Crippen LogP contribution in [0.2, 0.25) is 0 Å². The van der Waals surface area contributed by atoms with Crippen molar-refractivity contribution in [2.75, 3.05) is 31.5 Å². The molecule has 0 bridgehead atoms. The molecule has 0 unspecified atom stereocenters. The van der Waals surface area contributed by atoms with Gasteiger partial charge in [0, 0.05) is 54.2 Å². The summed E-state index contributed by atoms with van der Waals surface area (Å²) in [6, 6.07) is 29.0. The summed E-state index contributed by atoms with van der Waals surface area (Å²) in [7, 11) is 3.20. The van der Waals surface area contributed by atoms with Gasteiger partial charge in [-0.25, -0.2) is 0 Å². The zero-order valence-corrected chi connectivity index (χ0v) is 27.9. The van der Waals surface area contributed by atoms with E-state index in [9.17, 15) is 9.59 Å². The third-order valence-corrected chi connectivity index (χ3v) is 10.2. The summed E-state index contributed by atoms with van der Waals surface area (Å²) in [5.74, 6) is 1.89. The van der Waals surface area contributed by atoms with E-state index in [1.165, 1.54) is 5.56 Å². The van der Waals surface area contributed by atoms with Crippen molar-refractivity contribution < 1.29 is 23.8 Å². The number of alkyl halides is 1. The zero-order valence-electron chi connectivity index (χ0n) is 27.2. The molecule has 2 atom stereocenters. The van der Waals surface area contributed by atoms with E-state index in [1.54, 1.807) is 31.3 Å². The van der Waals surface area contributed by atoms with Gasteiger partial charge in [0.25, 0.3) is 11.8 Å². The number of halogens is 1. The molecule has 49 heavy (non-hydrogen) atoms. The molecular formula is C40H34ClN3O5. The second-order valence-electron chi connectivity index (χ2n) is 12.6. The van der Waals surface area contributed by atoms with Crippen LogP contribution in [0.5, 0.6) is 17.2 Å². The minimum atomic E-state index is -0.123. The predicted molar refractivity (Wildman–Crippen MR) is 191 cm³/mol. The quantitative estimate of drug-likeness (QED) is 0.166. The molecular weight excluding hydrogens is 638 g/mol. The van der Waals surface area contributed by atoms with Gasteiger partial charge in [0.15, 0.2) is 11.5 Å². The first-order valence-corrected chi connectivity index (χ1v) is 16.8. The van der Waals surface area contributed by atoms with E-state index in [1.807, 2.05) is 71.8 Å². The highest BCUT2D eigenvalue weighted by atomic mass is 35.5. The van der Waals surface area contributed by atoms with E-state index in [4.69, 9.17) is 30.8 Å². The maximum atomic E-state index is 13.9. The number of anilines is 1. The Kier molecular flexibility index (Phi) is 7.96. The number of rotatable bonds is 7. The van der Waals surface area contributed by atoms with E-state index >= 15 is 0 Å². The molecule has 0 saturated heterocycles. The smallest absolute Gasteiger partial charge is 0.258 e. The summed E-state index contributed by atoms with van der Waals surface area (Å²) in [5, 5.41) is 2.05. The third kappa shape index (κ3) is 5.36. The SMILES string of the molecule is COc1cc2c(cc1OCc1ccc(C(=O)N3C[C@@H](CCl)c4c3cc(OC)c3ccccc43)cc1)N=C[C@@H]1Cc3ccccc3CN1C2=O. The van der Waals surface area contributed by atoms with Crippen LogP contribution in [0.3, 0.4) is 0 Å². The van der Waals surface area contributed by atoms with Gasteiger partial charge < -0.3 is 24.0 Å². The summed E-state index contributed by atoms with van der Waals surface area (Å²) in [5.41, 5.74) is 6.76. The lowest BCUT2D eigenvalue weighted by atomic mass is 9.94. The van der Waals surface area contributed by atoms with Crippen molar-refractivity contribution in [1.82, 2.24) is 4.90 Å². The second-order valence-corrected chi connectivity index (χ2v) is 12.9. The molecule has 5 aromatic rings. The van der Waals surface area contributed by atoms with Gasteiger partial charge in [-0.1, -0.05) is 60.7 Å². The maximum absolute atomic E-state index is 13.9. The van der Waals surface area contributed by atoms with Crippen molar-refractivity contribution in [2.45, 2.75) is 31.5 Å². The second kappa shape index (κ2) is 12.6. The highest BCUT2D eigenvalue weighted by Crippen LogP contribution is 2.46. The normalized spacial score (nSPS) is 17.6. The Morgan fingerprint density at radius 1 is 0.878 bits per heavy atom. The zero-order chi connectivity index (χ0) is 33.6. The molecule has 0 spiro atoms. The molecule has 3 aliphatic rings. The minimum absolute atomic E-state index is 0.0113. The molecule has 246 valence electrons.